The predicted octanol–water partition coefficient (Wildman–Crippen LogP) is 5.26. The van der Waals surface area contributed by atoms with Gasteiger partial charge in [-0.05, 0) is 53.6 Å². The molecule has 6 bridgehead atoms. The van der Waals surface area contributed by atoms with Crippen LogP contribution in [0.1, 0.15) is 32.9 Å². The number of methoxy groups -OCH3 is 1. The zero-order chi connectivity index (χ0) is 33.2. The number of carbonyl (C=O) groups is 3. The monoisotopic (exact) mass is 666 g/mol. The Labute approximate surface area is 280 Å². The van der Waals surface area contributed by atoms with E-state index in [1.54, 1.807) is 47.5 Å². The molecule has 1 saturated heterocycles. The highest BCUT2D eigenvalue weighted by molar-refractivity contribution is 6.31. The Hall–Kier alpha value is -5.55. The van der Waals surface area contributed by atoms with Gasteiger partial charge in [-0.3, -0.25) is 19.4 Å². The van der Waals surface area contributed by atoms with Gasteiger partial charge >= 0.3 is 0 Å². The van der Waals surface area contributed by atoms with Crippen LogP contribution in [0.5, 0.6) is 17.2 Å². The Balaban J connectivity index is 1.19. The minimum atomic E-state index is -0.575. The van der Waals surface area contributed by atoms with Gasteiger partial charge in [0, 0.05) is 60.5 Å². The maximum absolute atomic E-state index is 13.8. The number of benzene rings is 3. The second-order valence-electron chi connectivity index (χ2n) is 11.6. The number of likely N-dealkylation sites (tertiary alicyclic amines) is 1. The van der Waals surface area contributed by atoms with Gasteiger partial charge in [0.05, 0.1) is 18.7 Å². The van der Waals surface area contributed by atoms with Crippen molar-refractivity contribution in [1.29, 1.82) is 0 Å². The average molecular weight is 667 g/mol. The van der Waals surface area contributed by atoms with Gasteiger partial charge in [0.2, 0.25) is 0 Å². The maximum Gasteiger partial charge on any atom is 0.289 e. The van der Waals surface area contributed by atoms with Crippen LogP contribution in [0.4, 0.5) is 0 Å². The third-order valence-electron chi connectivity index (χ3n) is 8.37. The molecule has 0 aliphatic carbocycles. The van der Waals surface area contributed by atoms with E-state index >= 15 is 0 Å². The van der Waals surface area contributed by atoms with E-state index in [4.69, 9.17) is 30.2 Å². The van der Waals surface area contributed by atoms with E-state index in [1.807, 2.05) is 36.4 Å². The quantitative estimate of drug-likeness (QED) is 0.261. The summed E-state index contributed by atoms with van der Waals surface area (Å²) in [4.78, 5) is 45.9. The lowest BCUT2D eigenvalue weighted by Gasteiger charge is -2.38. The fourth-order valence-corrected chi connectivity index (χ4v) is 6.11. The Morgan fingerprint density at radius 1 is 0.979 bits per heavy atom. The van der Waals surface area contributed by atoms with Crippen LogP contribution in [0.3, 0.4) is 0 Å². The summed E-state index contributed by atoms with van der Waals surface area (Å²) in [5.74, 6) is 0.702. The van der Waals surface area contributed by atoms with Crippen molar-refractivity contribution in [1.82, 2.24) is 20.5 Å². The first-order valence-corrected chi connectivity index (χ1v) is 15.8. The smallest absolute Gasteiger partial charge is 0.289 e. The van der Waals surface area contributed by atoms with E-state index in [2.05, 4.69) is 15.6 Å². The lowest BCUT2D eigenvalue weighted by atomic mass is 10.00. The molecule has 2 atom stereocenters. The third kappa shape index (κ3) is 6.63. The van der Waals surface area contributed by atoms with Crippen LogP contribution in [0.2, 0.25) is 5.02 Å². The van der Waals surface area contributed by atoms with E-state index < -0.39 is 12.1 Å². The van der Waals surface area contributed by atoms with Gasteiger partial charge in [-0.25, -0.2) is 0 Å². The number of pyridine rings is 1. The summed E-state index contributed by atoms with van der Waals surface area (Å²) < 4.78 is 23.5. The molecule has 5 aromatic rings. The minimum absolute atomic E-state index is 0.133. The zero-order valence-electron chi connectivity index (χ0n) is 25.9. The summed E-state index contributed by atoms with van der Waals surface area (Å²) >= 11 is 6.23. The Kier molecular flexibility index (Phi) is 8.60. The molecule has 3 aliphatic heterocycles. The van der Waals surface area contributed by atoms with Crippen LogP contribution in [0.25, 0.3) is 22.1 Å². The number of furan rings is 1. The molecule has 3 aromatic carbocycles. The molecule has 0 radical (unpaired) electrons. The summed E-state index contributed by atoms with van der Waals surface area (Å²) in [7, 11) is 1.51. The molecule has 8 rings (SSSR count). The van der Waals surface area contributed by atoms with Crippen molar-refractivity contribution in [3.05, 3.63) is 107 Å². The second kappa shape index (κ2) is 13.3. The van der Waals surface area contributed by atoms with E-state index in [1.165, 1.54) is 13.3 Å². The van der Waals surface area contributed by atoms with E-state index in [9.17, 15) is 14.4 Å². The van der Waals surface area contributed by atoms with Crippen molar-refractivity contribution >= 4 is 40.3 Å². The lowest BCUT2D eigenvalue weighted by Crippen LogP contribution is -2.58. The number of amides is 3. The third-order valence-corrected chi connectivity index (χ3v) is 8.59. The summed E-state index contributed by atoms with van der Waals surface area (Å²) in [6.45, 7) is 0.706. The molecule has 48 heavy (non-hydrogen) atoms. The van der Waals surface area contributed by atoms with Gasteiger partial charge in [-0.2, -0.15) is 0 Å². The number of hydrogen-bond donors (Lipinski definition) is 2. The van der Waals surface area contributed by atoms with E-state index in [-0.39, 0.29) is 36.6 Å². The molecule has 2 aromatic heterocycles. The van der Waals surface area contributed by atoms with Crippen LogP contribution < -0.4 is 24.8 Å². The molecule has 3 amide bonds. The second-order valence-corrected chi connectivity index (χ2v) is 12.0. The molecular weight excluding hydrogens is 636 g/mol. The summed E-state index contributed by atoms with van der Waals surface area (Å²) in [5.41, 5.74) is 3.10. The molecule has 0 saturated carbocycles. The van der Waals surface area contributed by atoms with E-state index in [0.29, 0.717) is 63.9 Å². The largest absolute Gasteiger partial charge is 0.493 e. The van der Waals surface area contributed by atoms with Gasteiger partial charge in [-0.1, -0.05) is 35.9 Å². The molecule has 0 spiro atoms. The van der Waals surface area contributed by atoms with Crippen LogP contribution >= 0.6 is 11.6 Å². The molecule has 244 valence electrons. The van der Waals surface area contributed by atoms with E-state index in [0.717, 1.165) is 11.1 Å². The highest BCUT2D eigenvalue weighted by Gasteiger charge is 2.36. The number of carbonyl (C=O) groups excluding carboxylic acids is 3. The number of ether oxygens (including phenoxy) is 3. The van der Waals surface area contributed by atoms with Gasteiger partial charge in [0.15, 0.2) is 23.7 Å². The number of rotatable bonds is 2. The summed E-state index contributed by atoms with van der Waals surface area (Å²) in [6.07, 6.45) is 3.13. The van der Waals surface area contributed by atoms with Gasteiger partial charge in [0.25, 0.3) is 17.7 Å². The number of aromatic nitrogens is 1. The lowest BCUT2D eigenvalue weighted by molar-refractivity contribution is -0.123. The molecule has 1 fully saturated rings. The van der Waals surface area contributed by atoms with Crippen molar-refractivity contribution in [2.75, 3.05) is 26.8 Å². The molecule has 11 nitrogen and oxygen atoms in total. The predicted molar refractivity (Wildman–Crippen MR) is 177 cm³/mol. The molecule has 2 N–H and O–H groups in total. The number of hydrogen-bond acceptors (Lipinski definition) is 8. The number of nitrogens with zero attached hydrogens (tertiary/aromatic N) is 2. The molecule has 12 heteroatoms. The van der Waals surface area contributed by atoms with Crippen LogP contribution in [0, 0.1) is 0 Å². The van der Waals surface area contributed by atoms with Crippen molar-refractivity contribution in [2.45, 2.75) is 25.1 Å². The SMILES string of the molecule is COc1cc(Cl)cc2cc(C(=O)N3CC[C@@H]4Oc5ccc(cc5)CNC(=O)COc5cccc(c5)-c5cncc(c5)C(=O)N[C@@H]4C3)oc12. The van der Waals surface area contributed by atoms with Gasteiger partial charge in [0.1, 0.15) is 17.6 Å². The fraction of sp³-hybridized carbons (Fsp3) is 0.222. The number of nitrogens with one attached hydrogen (secondary N) is 2. The minimum Gasteiger partial charge on any atom is -0.493 e. The first-order chi connectivity index (χ1) is 23.3. The topological polar surface area (TPSA) is 132 Å². The first kappa shape index (κ1) is 31.1. The Morgan fingerprint density at radius 2 is 1.81 bits per heavy atom. The molecule has 5 heterocycles. The van der Waals surface area contributed by atoms with Crippen molar-refractivity contribution in [3.63, 3.8) is 0 Å². The number of fused-ring (bicyclic) bond motifs is 8. The number of piperidine rings is 1. The standard InChI is InChI=1S/C36H31ClN4O7/c1-45-31-15-26(37)12-23-14-32(48-34(23)31)36(44)41-10-9-30-29(19-41)40-35(43)25-11-24(17-38-18-25)22-3-2-4-28(13-22)46-20-33(42)39-16-21-5-7-27(47-30)8-6-21/h2-8,11-15,17-18,29-30H,9-10,16,19-20H2,1H3,(H,39,42)(H,40,43)/t29-,30+/m1/s1. The Bertz CT molecular complexity index is 2010. The normalized spacial score (nSPS) is 18.2. The van der Waals surface area contributed by atoms with Crippen LogP contribution in [-0.4, -0.2) is 66.6 Å². The van der Waals surface area contributed by atoms with Crippen molar-refractivity contribution < 1.29 is 33.0 Å². The highest BCUT2D eigenvalue weighted by Crippen LogP contribution is 2.33. The molecular formula is C36H31ClN4O7. The zero-order valence-corrected chi connectivity index (χ0v) is 26.7. The maximum atomic E-state index is 13.8. The van der Waals surface area contributed by atoms with Crippen molar-refractivity contribution in [3.8, 4) is 28.4 Å². The van der Waals surface area contributed by atoms with Crippen LogP contribution in [0.15, 0.2) is 89.6 Å². The van der Waals surface area contributed by atoms with Gasteiger partial charge < -0.3 is 34.2 Å². The summed E-state index contributed by atoms with van der Waals surface area (Å²) in [6, 6.07) is 20.7. The average Bonchev–Trinajstić information content (AvgIpc) is 3.54. The number of halogens is 1. The highest BCUT2D eigenvalue weighted by atomic mass is 35.5. The van der Waals surface area contributed by atoms with Crippen LogP contribution in [-0.2, 0) is 11.3 Å². The first-order valence-electron chi connectivity index (χ1n) is 15.4. The molecule has 3 aliphatic rings. The van der Waals surface area contributed by atoms with Gasteiger partial charge in [-0.15, -0.1) is 0 Å². The van der Waals surface area contributed by atoms with Crippen molar-refractivity contribution in [2.24, 2.45) is 0 Å². The fourth-order valence-electron chi connectivity index (χ4n) is 5.89. The molecule has 0 unspecified atom stereocenters. The Morgan fingerprint density at radius 3 is 2.65 bits per heavy atom. The summed E-state index contributed by atoms with van der Waals surface area (Å²) in [5, 5.41) is 7.07.